The molecule has 3 aromatic heterocycles. The molecule has 0 spiro atoms. The molecule has 3 aromatic rings. The highest BCUT2D eigenvalue weighted by atomic mass is 32.1. The lowest BCUT2D eigenvalue weighted by molar-refractivity contribution is 0.0699. The van der Waals surface area contributed by atoms with E-state index in [4.69, 9.17) is 0 Å². The molecule has 0 aromatic carbocycles. The highest BCUT2D eigenvalue weighted by molar-refractivity contribution is 7.18. The largest absolute Gasteiger partial charge is 0.356 e. The Bertz CT molecular complexity index is 956. The van der Waals surface area contributed by atoms with E-state index in [0.29, 0.717) is 5.69 Å². The van der Waals surface area contributed by atoms with Crippen molar-refractivity contribution in [2.45, 2.75) is 32.2 Å². The zero-order valence-corrected chi connectivity index (χ0v) is 16.7. The van der Waals surface area contributed by atoms with E-state index in [1.165, 1.54) is 4.88 Å². The number of hydrogen-bond acceptors (Lipinski definition) is 6. The summed E-state index contributed by atoms with van der Waals surface area (Å²) in [6.45, 7) is 3.94. The van der Waals surface area contributed by atoms with Gasteiger partial charge in [0.25, 0.3) is 5.91 Å². The molecule has 0 atom stereocenters. The minimum absolute atomic E-state index is 0.0308. The highest BCUT2D eigenvalue weighted by Crippen LogP contribution is 2.32. The van der Waals surface area contributed by atoms with E-state index in [1.54, 1.807) is 34.8 Å². The van der Waals surface area contributed by atoms with E-state index in [0.717, 1.165) is 48.4 Å². The summed E-state index contributed by atoms with van der Waals surface area (Å²) in [6, 6.07) is 2.45. The fourth-order valence-corrected chi connectivity index (χ4v) is 4.62. The van der Waals surface area contributed by atoms with Crippen LogP contribution < -0.4 is 4.90 Å². The summed E-state index contributed by atoms with van der Waals surface area (Å²) in [5.74, 6) is 1.05. The van der Waals surface area contributed by atoms with Crippen LogP contribution in [0.15, 0.2) is 24.9 Å². The number of aromatic nitrogens is 4. The Hall–Kier alpha value is -2.48. The Morgan fingerprint density at radius 3 is 2.78 bits per heavy atom. The SMILES string of the molecule is CCc1cc2c(N3CCC(N(C)C(=O)c4cncn4C)CC3)ncnc2s1. The topological polar surface area (TPSA) is 67.2 Å². The average Bonchev–Trinajstić information content (AvgIpc) is 3.32. The summed E-state index contributed by atoms with van der Waals surface area (Å²) in [4.78, 5) is 32.4. The fraction of sp³-hybridized carbons (Fsp3) is 0.474. The molecule has 0 aliphatic carbocycles. The number of imidazole rings is 1. The van der Waals surface area contributed by atoms with Crippen molar-refractivity contribution in [2.24, 2.45) is 7.05 Å². The van der Waals surface area contributed by atoms with Gasteiger partial charge in [0.05, 0.1) is 17.9 Å². The first kappa shape index (κ1) is 17.9. The molecule has 0 radical (unpaired) electrons. The van der Waals surface area contributed by atoms with E-state index in [2.05, 4.69) is 32.8 Å². The van der Waals surface area contributed by atoms with Crippen molar-refractivity contribution in [2.75, 3.05) is 25.0 Å². The Morgan fingerprint density at radius 1 is 1.33 bits per heavy atom. The number of piperidine rings is 1. The van der Waals surface area contributed by atoms with Crippen LogP contribution in [0.25, 0.3) is 10.2 Å². The molecule has 142 valence electrons. The number of thiophene rings is 1. The van der Waals surface area contributed by atoms with Gasteiger partial charge in [-0.05, 0) is 25.3 Å². The number of fused-ring (bicyclic) bond motifs is 1. The van der Waals surface area contributed by atoms with Crippen LogP contribution in [0.4, 0.5) is 5.82 Å². The molecule has 1 aliphatic heterocycles. The van der Waals surface area contributed by atoms with E-state index in [9.17, 15) is 4.79 Å². The molecule has 1 aliphatic rings. The fourth-order valence-electron chi connectivity index (χ4n) is 3.69. The second-order valence-electron chi connectivity index (χ2n) is 7.01. The average molecular weight is 385 g/mol. The third-order valence-electron chi connectivity index (χ3n) is 5.38. The second-order valence-corrected chi connectivity index (χ2v) is 8.12. The molecular formula is C19H24N6OS. The lowest BCUT2D eigenvalue weighted by atomic mass is 10.0. The molecule has 4 heterocycles. The maximum Gasteiger partial charge on any atom is 0.272 e. The minimum Gasteiger partial charge on any atom is -0.356 e. The lowest BCUT2D eigenvalue weighted by Crippen LogP contribution is -2.46. The van der Waals surface area contributed by atoms with Crippen molar-refractivity contribution in [3.05, 3.63) is 35.5 Å². The molecule has 7 nitrogen and oxygen atoms in total. The Kier molecular flexibility index (Phi) is 4.82. The second kappa shape index (κ2) is 7.26. The number of hydrogen-bond donors (Lipinski definition) is 0. The molecule has 4 rings (SSSR count). The standard InChI is InChI=1S/C19H24N6OS/c1-4-14-9-15-17(21-11-22-18(15)27-14)25-7-5-13(6-8-25)24(3)19(26)16-10-20-12-23(16)2/h9-13H,4-8H2,1-3H3. The third kappa shape index (κ3) is 3.29. The lowest BCUT2D eigenvalue weighted by Gasteiger charge is -2.37. The summed E-state index contributed by atoms with van der Waals surface area (Å²) in [6.07, 6.45) is 7.83. The van der Waals surface area contributed by atoms with Gasteiger partial charge >= 0.3 is 0 Å². The normalized spacial score (nSPS) is 15.4. The number of aryl methyl sites for hydroxylation is 2. The molecular weight excluding hydrogens is 360 g/mol. The summed E-state index contributed by atoms with van der Waals surface area (Å²) in [7, 11) is 3.74. The maximum absolute atomic E-state index is 12.7. The monoisotopic (exact) mass is 384 g/mol. The zero-order chi connectivity index (χ0) is 19.0. The zero-order valence-electron chi connectivity index (χ0n) is 15.9. The van der Waals surface area contributed by atoms with Crippen molar-refractivity contribution in [3.8, 4) is 0 Å². The van der Waals surface area contributed by atoms with Gasteiger partial charge in [-0.15, -0.1) is 11.3 Å². The van der Waals surface area contributed by atoms with Gasteiger partial charge in [0.15, 0.2) is 0 Å². The van der Waals surface area contributed by atoms with Gasteiger partial charge in [-0.2, -0.15) is 0 Å². The van der Waals surface area contributed by atoms with Gasteiger partial charge in [-0.3, -0.25) is 4.79 Å². The van der Waals surface area contributed by atoms with Gasteiger partial charge < -0.3 is 14.4 Å². The maximum atomic E-state index is 12.7. The summed E-state index contributed by atoms with van der Waals surface area (Å²) in [5, 5.41) is 1.15. The van der Waals surface area contributed by atoms with E-state index in [1.807, 2.05) is 19.0 Å². The van der Waals surface area contributed by atoms with Gasteiger partial charge in [-0.25, -0.2) is 15.0 Å². The van der Waals surface area contributed by atoms with Crippen molar-refractivity contribution in [1.29, 1.82) is 0 Å². The van der Waals surface area contributed by atoms with Crippen molar-refractivity contribution >= 4 is 33.3 Å². The molecule has 0 saturated carbocycles. The smallest absolute Gasteiger partial charge is 0.272 e. The summed E-state index contributed by atoms with van der Waals surface area (Å²) >= 11 is 1.75. The minimum atomic E-state index is 0.0308. The number of rotatable bonds is 4. The molecule has 0 unspecified atom stereocenters. The number of amides is 1. The van der Waals surface area contributed by atoms with Crippen LogP contribution in [0.5, 0.6) is 0 Å². The van der Waals surface area contributed by atoms with Gasteiger partial charge in [-0.1, -0.05) is 6.92 Å². The van der Waals surface area contributed by atoms with Gasteiger partial charge in [0, 0.05) is 38.1 Å². The highest BCUT2D eigenvalue weighted by Gasteiger charge is 2.28. The van der Waals surface area contributed by atoms with Crippen LogP contribution in [-0.2, 0) is 13.5 Å². The summed E-state index contributed by atoms with van der Waals surface area (Å²) in [5.41, 5.74) is 0.628. The third-order valence-corrected chi connectivity index (χ3v) is 6.56. The van der Waals surface area contributed by atoms with Gasteiger partial charge in [0.2, 0.25) is 0 Å². The quantitative estimate of drug-likeness (QED) is 0.692. The van der Waals surface area contributed by atoms with E-state index >= 15 is 0 Å². The van der Waals surface area contributed by atoms with Crippen molar-refractivity contribution in [1.82, 2.24) is 24.4 Å². The number of carbonyl (C=O) groups is 1. The van der Waals surface area contributed by atoms with Crippen molar-refractivity contribution < 1.29 is 4.79 Å². The van der Waals surface area contributed by atoms with Crippen LogP contribution in [0.3, 0.4) is 0 Å². The first-order valence-corrected chi connectivity index (χ1v) is 10.1. The number of anilines is 1. The Balaban J connectivity index is 1.47. The van der Waals surface area contributed by atoms with Crippen LogP contribution >= 0.6 is 11.3 Å². The predicted molar refractivity (Wildman–Crippen MR) is 107 cm³/mol. The molecule has 8 heteroatoms. The predicted octanol–water partition coefficient (Wildman–Crippen LogP) is 2.73. The van der Waals surface area contributed by atoms with Crippen LogP contribution in [0.2, 0.25) is 0 Å². The first-order chi connectivity index (χ1) is 13.1. The van der Waals surface area contributed by atoms with Gasteiger partial charge in [0.1, 0.15) is 22.7 Å². The molecule has 1 amide bonds. The van der Waals surface area contributed by atoms with Crippen LogP contribution in [0.1, 0.15) is 35.1 Å². The number of nitrogens with zero attached hydrogens (tertiary/aromatic N) is 6. The molecule has 1 fully saturated rings. The molecule has 27 heavy (non-hydrogen) atoms. The van der Waals surface area contributed by atoms with Crippen LogP contribution in [-0.4, -0.2) is 56.5 Å². The molecule has 1 saturated heterocycles. The number of carbonyl (C=O) groups excluding carboxylic acids is 1. The molecule has 0 N–H and O–H groups in total. The van der Waals surface area contributed by atoms with E-state index < -0.39 is 0 Å². The Morgan fingerprint density at radius 2 is 2.11 bits per heavy atom. The Labute approximate surface area is 162 Å². The van der Waals surface area contributed by atoms with Crippen LogP contribution in [0, 0.1) is 0 Å². The summed E-state index contributed by atoms with van der Waals surface area (Å²) < 4.78 is 1.77. The molecule has 0 bridgehead atoms. The first-order valence-electron chi connectivity index (χ1n) is 9.30. The van der Waals surface area contributed by atoms with Crippen molar-refractivity contribution in [3.63, 3.8) is 0 Å². The van der Waals surface area contributed by atoms with E-state index in [-0.39, 0.29) is 11.9 Å².